The first-order valence-electron chi connectivity index (χ1n) is 13.3. The molecular weight excluding hydrogens is 601 g/mol. The maximum absolute atomic E-state index is 14.2. The highest BCUT2D eigenvalue weighted by Crippen LogP contribution is 2.33. The summed E-state index contributed by atoms with van der Waals surface area (Å²) in [5, 5.41) is 3.59. The number of methoxy groups -OCH3 is 2. The Morgan fingerprint density at radius 3 is 2.19 bits per heavy atom. The molecule has 1 atom stereocenters. The van der Waals surface area contributed by atoms with Crippen molar-refractivity contribution in [2.24, 2.45) is 0 Å². The second-order valence-corrected chi connectivity index (χ2v) is 12.4. The molecule has 0 aromatic heterocycles. The van der Waals surface area contributed by atoms with E-state index in [0.717, 1.165) is 4.31 Å². The zero-order valence-electron chi connectivity index (χ0n) is 24.1. The lowest BCUT2D eigenvalue weighted by molar-refractivity contribution is -0.140. The van der Waals surface area contributed by atoms with E-state index in [-0.39, 0.29) is 41.2 Å². The standard InChI is InChI=1S/C30H35Cl2N3O6S/c1-6-26(30(37)33-20(2)3)34(18-21-11-12-22(31)17-25(21)32)29(36)19-35(27-9-7-8-10-28(27)41-5)42(38,39)24-15-13-23(40-4)14-16-24/h7-17,20,26H,6,18-19H2,1-5H3,(H,33,37). The van der Waals surface area contributed by atoms with Crippen LogP contribution < -0.4 is 19.1 Å². The molecule has 1 unspecified atom stereocenters. The van der Waals surface area contributed by atoms with E-state index < -0.39 is 28.5 Å². The molecule has 0 radical (unpaired) electrons. The van der Waals surface area contributed by atoms with Gasteiger partial charge in [0.25, 0.3) is 10.0 Å². The first kappa shape index (κ1) is 33.0. The summed E-state index contributed by atoms with van der Waals surface area (Å²) >= 11 is 12.5. The monoisotopic (exact) mass is 635 g/mol. The number of halogens is 2. The van der Waals surface area contributed by atoms with Crippen molar-refractivity contribution < 1.29 is 27.5 Å². The number of rotatable bonds is 13. The van der Waals surface area contributed by atoms with Gasteiger partial charge in [-0.25, -0.2) is 8.42 Å². The Hall–Kier alpha value is -3.47. The lowest BCUT2D eigenvalue weighted by Gasteiger charge is -2.34. The maximum Gasteiger partial charge on any atom is 0.264 e. The van der Waals surface area contributed by atoms with E-state index in [2.05, 4.69) is 5.32 Å². The molecule has 1 N–H and O–H groups in total. The molecule has 0 saturated carbocycles. The van der Waals surface area contributed by atoms with E-state index in [4.69, 9.17) is 32.7 Å². The van der Waals surface area contributed by atoms with Crippen LogP contribution in [0.3, 0.4) is 0 Å². The average Bonchev–Trinajstić information content (AvgIpc) is 2.96. The summed E-state index contributed by atoms with van der Waals surface area (Å²) in [5.74, 6) is -0.260. The largest absolute Gasteiger partial charge is 0.497 e. The van der Waals surface area contributed by atoms with Gasteiger partial charge in [0.2, 0.25) is 11.8 Å². The third kappa shape index (κ3) is 7.87. The normalized spacial score (nSPS) is 12.0. The Balaban J connectivity index is 2.12. The minimum atomic E-state index is -4.29. The van der Waals surface area contributed by atoms with Crippen molar-refractivity contribution in [3.05, 3.63) is 82.3 Å². The zero-order chi connectivity index (χ0) is 31.0. The predicted molar refractivity (Wildman–Crippen MR) is 165 cm³/mol. The van der Waals surface area contributed by atoms with Crippen molar-refractivity contribution >= 4 is 50.7 Å². The molecule has 0 saturated heterocycles. The first-order chi connectivity index (χ1) is 19.9. The second kappa shape index (κ2) is 14.6. The van der Waals surface area contributed by atoms with Crippen molar-refractivity contribution in [2.75, 3.05) is 25.1 Å². The zero-order valence-corrected chi connectivity index (χ0v) is 26.5. The van der Waals surface area contributed by atoms with Gasteiger partial charge in [-0.05, 0) is 74.4 Å². The molecule has 3 rings (SSSR count). The van der Waals surface area contributed by atoms with Gasteiger partial charge < -0.3 is 19.7 Å². The second-order valence-electron chi connectivity index (χ2n) is 9.70. The lowest BCUT2D eigenvalue weighted by Crippen LogP contribution is -2.53. The number of ether oxygens (including phenoxy) is 2. The third-order valence-electron chi connectivity index (χ3n) is 6.45. The van der Waals surface area contributed by atoms with Crippen molar-refractivity contribution in [2.45, 2.75) is 50.7 Å². The number of carbonyl (C=O) groups is 2. The minimum Gasteiger partial charge on any atom is -0.497 e. The number of anilines is 1. The summed E-state index contributed by atoms with van der Waals surface area (Å²) in [6, 6.07) is 16.1. The molecule has 0 bridgehead atoms. The van der Waals surface area contributed by atoms with E-state index in [0.29, 0.717) is 21.4 Å². The molecular formula is C30H35Cl2N3O6S. The molecule has 0 aliphatic heterocycles. The van der Waals surface area contributed by atoms with Crippen LogP contribution in [-0.4, -0.2) is 58.0 Å². The van der Waals surface area contributed by atoms with E-state index in [1.807, 2.05) is 13.8 Å². The molecule has 42 heavy (non-hydrogen) atoms. The van der Waals surface area contributed by atoms with Gasteiger partial charge in [0.1, 0.15) is 24.1 Å². The molecule has 226 valence electrons. The van der Waals surface area contributed by atoms with Crippen LogP contribution in [0.1, 0.15) is 32.8 Å². The number of nitrogens with zero attached hydrogens (tertiary/aromatic N) is 2. The number of amides is 2. The Labute approximate surface area is 257 Å². The molecule has 0 heterocycles. The van der Waals surface area contributed by atoms with Crippen molar-refractivity contribution in [3.63, 3.8) is 0 Å². The van der Waals surface area contributed by atoms with Gasteiger partial charge in [-0.3, -0.25) is 13.9 Å². The van der Waals surface area contributed by atoms with Crippen molar-refractivity contribution in [1.82, 2.24) is 10.2 Å². The van der Waals surface area contributed by atoms with Gasteiger partial charge in [-0.15, -0.1) is 0 Å². The number of nitrogens with one attached hydrogen (secondary N) is 1. The molecule has 12 heteroatoms. The number of hydrogen-bond donors (Lipinski definition) is 1. The van der Waals surface area contributed by atoms with Gasteiger partial charge in [0.15, 0.2) is 0 Å². The highest BCUT2D eigenvalue weighted by molar-refractivity contribution is 7.92. The van der Waals surface area contributed by atoms with Crippen LogP contribution in [0.15, 0.2) is 71.6 Å². The summed E-state index contributed by atoms with van der Waals surface area (Å²) in [6.07, 6.45) is 0.273. The minimum absolute atomic E-state index is 0.0544. The van der Waals surface area contributed by atoms with E-state index in [1.54, 1.807) is 49.4 Å². The van der Waals surface area contributed by atoms with Gasteiger partial charge in [-0.1, -0.05) is 48.3 Å². The molecule has 9 nitrogen and oxygen atoms in total. The molecule has 2 amide bonds. The smallest absolute Gasteiger partial charge is 0.264 e. The maximum atomic E-state index is 14.2. The predicted octanol–water partition coefficient (Wildman–Crippen LogP) is 5.54. The average molecular weight is 637 g/mol. The van der Waals surface area contributed by atoms with Crippen LogP contribution >= 0.6 is 23.2 Å². The van der Waals surface area contributed by atoms with E-state index in [1.165, 1.54) is 43.4 Å². The SMILES string of the molecule is CCC(C(=O)NC(C)C)N(Cc1ccc(Cl)cc1Cl)C(=O)CN(c1ccccc1OC)S(=O)(=O)c1ccc(OC)cc1. The van der Waals surface area contributed by atoms with Gasteiger partial charge >= 0.3 is 0 Å². The van der Waals surface area contributed by atoms with Crippen LogP contribution in [0.25, 0.3) is 0 Å². The number of carbonyl (C=O) groups excluding carboxylic acids is 2. The lowest BCUT2D eigenvalue weighted by atomic mass is 10.1. The number of para-hydroxylation sites is 2. The summed E-state index contributed by atoms with van der Waals surface area (Å²) in [4.78, 5) is 28.7. The van der Waals surface area contributed by atoms with Gasteiger partial charge in [-0.2, -0.15) is 0 Å². The highest BCUT2D eigenvalue weighted by atomic mass is 35.5. The topological polar surface area (TPSA) is 105 Å². The molecule has 0 aliphatic rings. The molecule has 0 spiro atoms. The first-order valence-corrected chi connectivity index (χ1v) is 15.5. The Morgan fingerprint density at radius 2 is 1.62 bits per heavy atom. The van der Waals surface area contributed by atoms with Crippen LogP contribution in [0.5, 0.6) is 11.5 Å². The van der Waals surface area contributed by atoms with Gasteiger partial charge in [0, 0.05) is 22.6 Å². The Kier molecular flexibility index (Phi) is 11.5. The van der Waals surface area contributed by atoms with Gasteiger partial charge in [0.05, 0.1) is 24.8 Å². The van der Waals surface area contributed by atoms with Crippen molar-refractivity contribution in [3.8, 4) is 11.5 Å². The fraction of sp³-hybridized carbons (Fsp3) is 0.333. The Morgan fingerprint density at radius 1 is 0.952 bits per heavy atom. The highest BCUT2D eigenvalue weighted by Gasteiger charge is 2.35. The fourth-order valence-corrected chi connectivity index (χ4v) is 6.25. The van der Waals surface area contributed by atoms with Crippen LogP contribution in [0.4, 0.5) is 5.69 Å². The molecule has 0 aliphatic carbocycles. The number of hydrogen-bond acceptors (Lipinski definition) is 6. The molecule has 3 aromatic rings. The summed E-state index contributed by atoms with van der Waals surface area (Å²) in [6.45, 7) is 4.74. The number of sulfonamides is 1. The van der Waals surface area contributed by atoms with Crippen molar-refractivity contribution in [1.29, 1.82) is 0 Å². The number of benzene rings is 3. The van der Waals surface area contributed by atoms with Crippen LogP contribution in [0.2, 0.25) is 10.0 Å². The van der Waals surface area contributed by atoms with E-state index >= 15 is 0 Å². The van der Waals surface area contributed by atoms with Crippen LogP contribution in [-0.2, 0) is 26.2 Å². The van der Waals surface area contributed by atoms with Crippen LogP contribution in [0, 0.1) is 0 Å². The molecule has 3 aromatic carbocycles. The summed E-state index contributed by atoms with van der Waals surface area (Å²) in [5.41, 5.74) is 0.709. The summed E-state index contributed by atoms with van der Waals surface area (Å²) in [7, 11) is -1.40. The molecule has 0 fully saturated rings. The Bertz CT molecular complexity index is 1500. The quantitative estimate of drug-likeness (QED) is 0.264. The fourth-order valence-electron chi connectivity index (χ4n) is 4.36. The summed E-state index contributed by atoms with van der Waals surface area (Å²) < 4.78 is 39.8. The van der Waals surface area contributed by atoms with E-state index in [9.17, 15) is 18.0 Å². The third-order valence-corrected chi connectivity index (χ3v) is 8.81.